The van der Waals surface area contributed by atoms with E-state index in [2.05, 4.69) is 13.0 Å². The van der Waals surface area contributed by atoms with Crippen LogP contribution in [-0.2, 0) is 10.0 Å². The molecule has 0 saturated heterocycles. The van der Waals surface area contributed by atoms with E-state index >= 15 is 0 Å². The Labute approximate surface area is 222 Å². The maximum Gasteiger partial charge on any atom is 0.242 e. The number of sulfonamides is 1. The number of ether oxygens (including phenoxy) is 1. The summed E-state index contributed by atoms with van der Waals surface area (Å²) in [6.07, 6.45) is 22.6. The average molecular weight is 534 g/mol. The Hall–Kier alpha value is -0.900. The summed E-state index contributed by atoms with van der Waals surface area (Å²) in [5, 5.41) is 0. The molecule has 0 radical (unpaired) electrons. The topological polar surface area (TPSA) is 46.6 Å². The van der Waals surface area contributed by atoms with Crippen LogP contribution in [0, 0.1) is 0 Å². The largest absolute Gasteiger partial charge is 0.493 e. The smallest absolute Gasteiger partial charge is 0.242 e. The van der Waals surface area contributed by atoms with Crippen molar-refractivity contribution in [2.24, 2.45) is 0 Å². The van der Waals surface area contributed by atoms with Crippen LogP contribution in [0.3, 0.4) is 0 Å². The van der Waals surface area contributed by atoms with Gasteiger partial charge in [-0.1, -0.05) is 71.4 Å². The van der Waals surface area contributed by atoms with E-state index in [1.54, 1.807) is 25.7 Å². The van der Waals surface area contributed by atoms with Crippen molar-refractivity contribution in [3.63, 3.8) is 0 Å². The molecule has 3 aliphatic carbocycles. The fourth-order valence-corrected chi connectivity index (χ4v) is 12.2. The van der Waals surface area contributed by atoms with Gasteiger partial charge in [0.2, 0.25) is 10.0 Å². The predicted molar refractivity (Wildman–Crippen MR) is 154 cm³/mol. The molecule has 1 atom stereocenters. The summed E-state index contributed by atoms with van der Waals surface area (Å²) >= 11 is 0. The average Bonchev–Trinajstić information content (AvgIpc) is 2.90. The van der Waals surface area contributed by atoms with Gasteiger partial charge in [0.15, 0.2) is 0 Å². The van der Waals surface area contributed by atoms with Crippen molar-refractivity contribution < 1.29 is 13.2 Å². The van der Waals surface area contributed by atoms with Crippen LogP contribution < -0.4 is 4.74 Å². The van der Waals surface area contributed by atoms with Crippen LogP contribution in [0.5, 0.6) is 5.75 Å². The quantitative estimate of drug-likeness (QED) is 0.301. The number of rotatable bonds is 9. The van der Waals surface area contributed by atoms with E-state index < -0.39 is 10.0 Å². The van der Waals surface area contributed by atoms with Crippen LogP contribution >= 0.6 is 7.92 Å². The molecule has 1 unspecified atom stereocenters. The van der Waals surface area contributed by atoms with E-state index in [4.69, 9.17) is 4.74 Å². The lowest BCUT2D eigenvalue weighted by molar-refractivity contribution is 0.316. The van der Waals surface area contributed by atoms with E-state index in [1.807, 2.05) is 12.1 Å². The Morgan fingerprint density at radius 2 is 1.53 bits per heavy atom. The van der Waals surface area contributed by atoms with Gasteiger partial charge in [0.1, 0.15) is 5.75 Å². The Balaban J connectivity index is 1.73. The van der Waals surface area contributed by atoms with E-state index in [1.165, 1.54) is 87.8 Å². The maximum atomic E-state index is 13.0. The van der Waals surface area contributed by atoms with Crippen molar-refractivity contribution in [1.29, 1.82) is 0 Å². The number of hydrogen-bond donors (Lipinski definition) is 0. The SMILES string of the molecule is CCCOc1ccc(S(=O)(=O)N(C)C)cc1C=C1CCCCC1P(C1CCCCC1)C1CCCCC1. The second-order valence-electron chi connectivity index (χ2n) is 11.3. The molecule has 36 heavy (non-hydrogen) atoms. The zero-order valence-electron chi connectivity index (χ0n) is 22.9. The van der Waals surface area contributed by atoms with Gasteiger partial charge in [0.05, 0.1) is 11.5 Å². The molecule has 4 nitrogen and oxygen atoms in total. The molecule has 0 aliphatic heterocycles. The standard InChI is InChI=1S/C30H48NO3PS/c1-4-21-34-29-20-19-28(36(32,33)31(2)3)23-25(29)22-24-13-11-12-18-30(24)35(26-14-7-5-8-15-26)27-16-9-6-10-17-27/h19-20,22-23,26-27,30H,4-18,21H2,1-3H3. The summed E-state index contributed by atoms with van der Waals surface area (Å²) in [6.45, 7) is 2.76. The van der Waals surface area contributed by atoms with Gasteiger partial charge < -0.3 is 4.74 Å². The molecular formula is C30H48NO3PS. The number of benzene rings is 1. The third kappa shape index (κ3) is 6.75. The Kier molecular flexibility index (Phi) is 10.3. The highest BCUT2D eigenvalue weighted by molar-refractivity contribution is 7.89. The van der Waals surface area contributed by atoms with Gasteiger partial charge in [-0.05, 0) is 80.9 Å². The molecule has 6 heteroatoms. The zero-order valence-corrected chi connectivity index (χ0v) is 24.6. The molecule has 1 aromatic rings. The third-order valence-corrected chi connectivity index (χ3v) is 14.4. The molecule has 1 aromatic carbocycles. The number of nitrogens with zero attached hydrogens (tertiary/aromatic N) is 1. The molecule has 0 bridgehead atoms. The predicted octanol–water partition coefficient (Wildman–Crippen LogP) is 8.20. The lowest BCUT2D eigenvalue weighted by Crippen LogP contribution is -2.29. The van der Waals surface area contributed by atoms with Crippen LogP contribution in [0.2, 0.25) is 0 Å². The van der Waals surface area contributed by atoms with Crippen molar-refractivity contribution in [2.45, 2.75) is 125 Å². The summed E-state index contributed by atoms with van der Waals surface area (Å²) in [5.74, 6) is 0.825. The Morgan fingerprint density at radius 1 is 0.917 bits per heavy atom. The highest BCUT2D eigenvalue weighted by Gasteiger charge is 2.38. The highest BCUT2D eigenvalue weighted by atomic mass is 32.2. The molecule has 202 valence electrons. The number of hydrogen-bond acceptors (Lipinski definition) is 3. The molecule has 0 amide bonds. The van der Waals surface area contributed by atoms with Gasteiger partial charge in [-0.15, -0.1) is 0 Å². The van der Waals surface area contributed by atoms with Crippen molar-refractivity contribution >= 4 is 24.0 Å². The second kappa shape index (κ2) is 13.3. The molecule has 3 saturated carbocycles. The fraction of sp³-hybridized carbons (Fsp3) is 0.733. The van der Waals surface area contributed by atoms with Crippen molar-refractivity contribution in [3.05, 3.63) is 29.3 Å². The molecule has 4 rings (SSSR count). The summed E-state index contributed by atoms with van der Waals surface area (Å²) < 4.78 is 33.4. The first kappa shape index (κ1) is 28.1. The first-order chi connectivity index (χ1) is 17.4. The van der Waals surface area contributed by atoms with Crippen molar-refractivity contribution in [1.82, 2.24) is 4.31 Å². The van der Waals surface area contributed by atoms with Gasteiger partial charge >= 0.3 is 0 Å². The number of allylic oxidation sites excluding steroid dienone is 1. The van der Waals surface area contributed by atoms with Gasteiger partial charge in [0, 0.05) is 25.3 Å². The fourth-order valence-electron chi connectivity index (χ4n) is 6.65. The Morgan fingerprint density at radius 3 is 2.11 bits per heavy atom. The van der Waals surface area contributed by atoms with E-state index in [-0.39, 0.29) is 7.92 Å². The Bertz CT molecular complexity index is 960. The van der Waals surface area contributed by atoms with E-state index in [0.29, 0.717) is 17.2 Å². The van der Waals surface area contributed by atoms with Crippen LogP contribution in [-0.4, -0.2) is 50.4 Å². The van der Waals surface area contributed by atoms with Gasteiger partial charge in [-0.2, -0.15) is 0 Å². The summed E-state index contributed by atoms with van der Waals surface area (Å²) in [5.41, 5.74) is 5.10. The normalized spacial score (nSPS) is 24.0. The van der Waals surface area contributed by atoms with Crippen molar-refractivity contribution in [3.8, 4) is 5.75 Å². The molecule has 3 fully saturated rings. The minimum absolute atomic E-state index is 0.0474. The molecule has 0 aromatic heterocycles. The molecular weight excluding hydrogens is 485 g/mol. The highest BCUT2D eigenvalue weighted by Crippen LogP contribution is 2.63. The summed E-state index contributed by atoms with van der Waals surface area (Å²) in [6, 6.07) is 5.45. The van der Waals surface area contributed by atoms with E-state index in [0.717, 1.165) is 35.5 Å². The first-order valence-electron chi connectivity index (χ1n) is 14.6. The summed E-state index contributed by atoms with van der Waals surface area (Å²) in [4.78, 5) is 0.359. The lowest BCUT2D eigenvalue weighted by Gasteiger charge is -2.45. The minimum Gasteiger partial charge on any atom is -0.493 e. The monoisotopic (exact) mass is 533 g/mol. The van der Waals surface area contributed by atoms with Crippen molar-refractivity contribution in [2.75, 3.05) is 20.7 Å². The van der Waals surface area contributed by atoms with Gasteiger partial charge in [0.25, 0.3) is 0 Å². The van der Waals surface area contributed by atoms with Crippen LogP contribution in [0.4, 0.5) is 0 Å². The maximum absolute atomic E-state index is 13.0. The van der Waals surface area contributed by atoms with E-state index in [9.17, 15) is 8.42 Å². The van der Waals surface area contributed by atoms with Gasteiger partial charge in [-0.25, -0.2) is 12.7 Å². The minimum atomic E-state index is -3.49. The van der Waals surface area contributed by atoms with Crippen LogP contribution in [0.1, 0.15) is 109 Å². The first-order valence-corrected chi connectivity index (χ1v) is 17.6. The zero-order chi connectivity index (χ0) is 25.5. The molecule has 0 N–H and O–H groups in total. The molecule has 3 aliphatic rings. The second-order valence-corrected chi connectivity index (χ2v) is 16.5. The van der Waals surface area contributed by atoms with Crippen LogP contribution in [0.25, 0.3) is 6.08 Å². The lowest BCUT2D eigenvalue weighted by atomic mass is 9.92. The van der Waals surface area contributed by atoms with Crippen LogP contribution in [0.15, 0.2) is 28.7 Å². The molecule has 0 spiro atoms. The molecule has 0 heterocycles. The summed E-state index contributed by atoms with van der Waals surface area (Å²) in [7, 11) is -0.327. The van der Waals surface area contributed by atoms with Gasteiger partial charge in [-0.3, -0.25) is 0 Å². The third-order valence-electron chi connectivity index (χ3n) is 8.54.